The molecule has 3 unspecified atom stereocenters. The second-order valence-corrected chi connectivity index (χ2v) is 20.4. The third-order valence-electron chi connectivity index (χ3n) is 13.8. The zero-order valence-corrected chi connectivity index (χ0v) is 44.2. The van der Waals surface area contributed by atoms with Gasteiger partial charge in [-0.15, -0.1) is 0 Å². The molecule has 0 aromatic carbocycles. The summed E-state index contributed by atoms with van der Waals surface area (Å²) in [7, 11) is 0. The van der Waals surface area contributed by atoms with Crippen molar-refractivity contribution in [1.29, 1.82) is 0 Å². The molecule has 0 spiro atoms. The van der Waals surface area contributed by atoms with Crippen LogP contribution in [0.25, 0.3) is 0 Å². The van der Waals surface area contributed by atoms with Gasteiger partial charge in [0, 0.05) is 6.42 Å². The third kappa shape index (κ3) is 48.9. The number of carbonyl (C=O) groups excluding carboxylic acids is 2. The first-order valence-electron chi connectivity index (χ1n) is 29.4. The number of unbranched alkanes of at least 4 members (excludes halogenated alkanes) is 40. The van der Waals surface area contributed by atoms with Crippen LogP contribution in [-0.2, 0) is 14.3 Å². The summed E-state index contributed by atoms with van der Waals surface area (Å²) >= 11 is 0. The average Bonchev–Trinajstić information content (AvgIpc) is 3.30. The molecular formula is C59H115NO5. The highest BCUT2D eigenvalue weighted by Crippen LogP contribution is 2.19. The fourth-order valence-electron chi connectivity index (χ4n) is 9.37. The molecule has 0 radical (unpaired) electrons. The minimum Gasteiger partial charge on any atom is -0.462 e. The molecular weight excluding hydrogens is 803 g/mol. The predicted octanol–water partition coefficient (Wildman–Crippen LogP) is 18.1. The first kappa shape index (κ1) is 63.6. The van der Waals surface area contributed by atoms with Gasteiger partial charge in [0.25, 0.3) is 0 Å². The highest BCUT2D eigenvalue weighted by atomic mass is 16.5. The van der Waals surface area contributed by atoms with E-state index in [1.165, 1.54) is 225 Å². The lowest BCUT2D eigenvalue weighted by Crippen LogP contribution is -2.46. The number of carbonyl (C=O) groups is 2. The summed E-state index contributed by atoms with van der Waals surface area (Å²) in [6.07, 6.45) is 61.3. The number of ether oxygens (including phenoxy) is 1. The molecule has 0 aliphatic rings. The number of hydrogen-bond donors (Lipinski definition) is 3. The van der Waals surface area contributed by atoms with Crippen LogP contribution in [0.15, 0.2) is 12.2 Å². The van der Waals surface area contributed by atoms with Crippen LogP contribution in [0.2, 0.25) is 0 Å². The smallest absolute Gasteiger partial charge is 0.306 e. The summed E-state index contributed by atoms with van der Waals surface area (Å²) in [5.41, 5.74) is 0. The number of hydrogen-bond acceptors (Lipinski definition) is 5. The number of rotatable bonds is 54. The van der Waals surface area contributed by atoms with E-state index in [2.05, 4.69) is 38.2 Å². The van der Waals surface area contributed by atoms with Crippen molar-refractivity contribution in [2.75, 3.05) is 6.61 Å². The number of aliphatic hydroxyl groups is 2. The molecule has 6 nitrogen and oxygen atoms in total. The predicted molar refractivity (Wildman–Crippen MR) is 283 cm³/mol. The SMILES string of the molecule is CCCCCCCC/C=C/CCCCCCCC(CC(=O)NC(CO)C(O)CCCCCCCCCCCCCCCC)OC(=O)CCCCCCCCCCCCCCCCCCC. The lowest BCUT2D eigenvalue weighted by atomic mass is 10.0. The molecule has 0 aliphatic carbocycles. The lowest BCUT2D eigenvalue weighted by Gasteiger charge is -2.24. The maximum Gasteiger partial charge on any atom is 0.306 e. The summed E-state index contributed by atoms with van der Waals surface area (Å²) in [5, 5.41) is 23.9. The van der Waals surface area contributed by atoms with Crippen molar-refractivity contribution >= 4 is 11.9 Å². The Morgan fingerprint density at radius 3 is 1.09 bits per heavy atom. The normalized spacial score (nSPS) is 13.1. The summed E-state index contributed by atoms with van der Waals surface area (Å²) in [6, 6.07) is -0.699. The molecule has 0 bridgehead atoms. The van der Waals surface area contributed by atoms with Crippen LogP contribution in [0.3, 0.4) is 0 Å². The van der Waals surface area contributed by atoms with Gasteiger partial charge in [-0.05, 0) is 51.4 Å². The molecule has 0 aromatic rings. The summed E-state index contributed by atoms with van der Waals surface area (Å²) in [4.78, 5) is 26.3. The van der Waals surface area contributed by atoms with Gasteiger partial charge in [-0.25, -0.2) is 0 Å². The molecule has 0 saturated heterocycles. The van der Waals surface area contributed by atoms with E-state index in [1.807, 2.05) is 0 Å². The van der Waals surface area contributed by atoms with Crippen molar-refractivity contribution in [2.24, 2.45) is 0 Å². The average molecular weight is 919 g/mol. The van der Waals surface area contributed by atoms with Crippen LogP contribution in [0, 0.1) is 0 Å². The molecule has 0 saturated carbocycles. The van der Waals surface area contributed by atoms with Gasteiger partial charge in [-0.2, -0.15) is 0 Å². The van der Waals surface area contributed by atoms with Gasteiger partial charge in [0.1, 0.15) is 6.10 Å². The van der Waals surface area contributed by atoms with Crippen molar-refractivity contribution in [1.82, 2.24) is 5.32 Å². The molecule has 386 valence electrons. The van der Waals surface area contributed by atoms with Crippen LogP contribution >= 0.6 is 0 Å². The summed E-state index contributed by atoms with van der Waals surface area (Å²) in [6.45, 7) is 6.52. The van der Waals surface area contributed by atoms with E-state index in [-0.39, 0.29) is 24.9 Å². The zero-order valence-electron chi connectivity index (χ0n) is 44.2. The van der Waals surface area contributed by atoms with Crippen molar-refractivity contribution < 1.29 is 24.5 Å². The van der Waals surface area contributed by atoms with Crippen molar-refractivity contribution in [3.05, 3.63) is 12.2 Å². The Labute approximate surface area is 406 Å². The van der Waals surface area contributed by atoms with E-state index in [9.17, 15) is 19.8 Å². The van der Waals surface area contributed by atoms with Crippen molar-refractivity contribution in [2.45, 2.75) is 347 Å². The molecule has 0 rings (SSSR count). The number of amides is 1. The third-order valence-corrected chi connectivity index (χ3v) is 13.8. The van der Waals surface area contributed by atoms with Gasteiger partial charge in [0.2, 0.25) is 5.91 Å². The number of allylic oxidation sites excluding steroid dienone is 2. The number of aliphatic hydroxyl groups excluding tert-OH is 2. The van der Waals surface area contributed by atoms with Crippen LogP contribution in [0.4, 0.5) is 0 Å². The molecule has 0 heterocycles. The molecule has 3 atom stereocenters. The van der Waals surface area contributed by atoms with Gasteiger partial charge in [0.15, 0.2) is 0 Å². The van der Waals surface area contributed by atoms with Gasteiger partial charge in [-0.3, -0.25) is 9.59 Å². The lowest BCUT2D eigenvalue weighted by molar-refractivity contribution is -0.151. The Morgan fingerprint density at radius 2 is 0.738 bits per heavy atom. The van der Waals surface area contributed by atoms with Crippen LogP contribution in [0.1, 0.15) is 329 Å². The fourth-order valence-corrected chi connectivity index (χ4v) is 9.37. The van der Waals surface area contributed by atoms with Crippen molar-refractivity contribution in [3.63, 3.8) is 0 Å². The minimum atomic E-state index is -0.785. The minimum absolute atomic E-state index is 0.0796. The maximum atomic E-state index is 13.3. The highest BCUT2D eigenvalue weighted by Gasteiger charge is 2.24. The highest BCUT2D eigenvalue weighted by molar-refractivity contribution is 5.77. The quantitative estimate of drug-likeness (QED) is 0.0321. The van der Waals surface area contributed by atoms with Gasteiger partial charge in [0.05, 0.1) is 25.2 Å². The summed E-state index contributed by atoms with van der Waals surface area (Å²) in [5.74, 6) is -0.458. The first-order chi connectivity index (χ1) is 32.0. The first-order valence-corrected chi connectivity index (χ1v) is 29.4. The largest absolute Gasteiger partial charge is 0.462 e. The second kappa shape index (κ2) is 53.6. The number of nitrogens with one attached hydrogen (secondary N) is 1. The molecule has 0 aliphatic heterocycles. The Balaban J connectivity index is 4.51. The molecule has 0 aromatic heterocycles. The Hall–Kier alpha value is -1.40. The summed E-state index contributed by atoms with van der Waals surface area (Å²) < 4.78 is 5.97. The molecule has 6 heteroatoms. The molecule has 3 N–H and O–H groups in total. The maximum absolute atomic E-state index is 13.3. The topological polar surface area (TPSA) is 95.9 Å². The molecule has 1 amide bonds. The Bertz CT molecular complexity index is 986. The van der Waals surface area contributed by atoms with Crippen LogP contribution in [-0.4, -0.2) is 46.9 Å². The van der Waals surface area contributed by atoms with Crippen molar-refractivity contribution in [3.8, 4) is 0 Å². The van der Waals surface area contributed by atoms with Crippen LogP contribution in [0.5, 0.6) is 0 Å². The molecule has 0 fully saturated rings. The van der Waals surface area contributed by atoms with E-state index in [4.69, 9.17) is 4.74 Å². The van der Waals surface area contributed by atoms with E-state index in [0.29, 0.717) is 19.3 Å². The van der Waals surface area contributed by atoms with Crippen LogP contribution < -0.4 is 5.32 Å². The second-order valence-electron chi connectivity index (χ2n) is 20.4. The van der Waals surface area contributed by atoms with Gasteiger partial charge in [-0.1, -0.05) is 277 Å². The van der Waals surface area contributed by atoms with E-state index >= 15 is 0 Å². The van der Waals surface area contributed by atoms with E-state index in [0.717, 1.165) is 57.8 Å². The van der Waals surface area contributed by atoms with E-state index < -0.39 is 18.2 Å². The van der Waals surface area contributed by atoms with E-state index in [1.54, 1.807) is 0 Å². The Morgan fingerprint density at radius 1 is 0.431 bits per heavy atom. The Kier molecular flexibility index (Phi) is 52.4. The molecule has 65 heavy (non-hydrogen) atoms. The standard InChI is InChI=1S/C59H115NO5/c1-4-7-10-13-16-19-22-25-28-29-31-34-37-40-43-46-49-52-59(64)65-55(50-47-44-41-38-35-32-30-26-23-20-17-14-11-8-5-2)53-58(63)60-56(54-61)57(62)51-48-45-42-39-36-33-27-24-21-18-15-12-9-6-3/h26,30,55-57,61-62H,4-25,27-29,31-54H2,1-3H3,(H,60,63)/b30-26+. The fraction of sp³-hybridized carbons (Fsp3) is 0.932. The monoisotopic (exact) mass is 918 g/mol. The zero-order chi connectivity index (χ0) is 47.4. The van der Waals surface area contributed by atoms with Gasteiger partial charge < -0.3 is 20.3 Å². The van der Waals surface area contributed by atoms with Gasteiger partial charge >= 0.3 is 5.97 Å². The number of esters is 1.